The maximum Gasteiger partial charge on any atom is 4.00 e. The molecule has 0 N–H and O–H groups in total. The number of carbonyl (C=O) groups excluding carboxylic acids is 1. The second kappa shape index (κ2) is 15.4. The fourth-order valence-electron chi connectivity index (χ4n) is 2.23. The molecule has 0 amide bonds. The van der Waals surface area contributed by atoms with Crippen molar-refractivity contribution in [2.45, 2.75) is 128 Å². The van der Waals surface area contributed by atoms with E-state index in [2.05, 4.69) is 9.98 Å². The summed E-state index contributed by atoms with van der Waals surface area (Å²) in [6.45, 7) is 27.3. The first-order valence-corrected chi connectivity index (χ1v) is 11.2. The van der Waals surface area contributed by atoms with Gasteiger partial charge in [-0.05, 0) is 0 Å². The Balaban J connectivity index is -0.000000268. The van der Waals surface area contributed by atoms with E-state index in [9.17, 15) is 25.2 Å². The Morgan fingerprint density at radius 3 is 0.939 bits per heavy atom. The van der Waals surface area contributed by atoms with E-state index in [1.165, 1.54) is 0 Å². The van der Waals surface area contributed by atoms with Gasteiger partial charge in [0, 0.05) is 16.2 Å². The third-order valence-corrected chi connectivity index (χ3v) is 3.52. The van der Waals surface area contributed by atoms with Crippen LogP contribution in [0.3, 0.4) is 0 Å². The number of nitrogens with zero attached hydrogens (tertiary/aromatic N) is 2. The quantitative estimate of drug-likeness (QED) is 0.502. The summed E-state index contributed by atoms with van der Waals surface area (Å²) in [6.07, 6.45) is -1.25. The van der Waals surface area contributed by atoms with Crippen molar-refractivity contribution >= 4 is 17.4 Å². The number of hydrogen-bond acceptors (Lipinski definition) is 7. The van der Waals surface area contributed by atoms with Gasteiger partial charge in [-0.15, -0.1) is 18.3 Å². The zero-order valence-corrected chi connectivity index (χ0v) is 25.2. The molecule has 1 aliphatic rings. The van der Waals surface area contributed by atoms with Gasteiger partial charge in [-0.3, -0.25) is 9.98 Å². The summed E-state index contributed by atoms with van der Waals surface area (Å²) >= 11 is 0. The standard InChI is InChI=1S/C16H28N2O2.3C3H7O.Ti/c1-13(2,3)10-11(14(4,5)6)18-16(17-10,12(19)20)15(7,8)9;3*1-3(2)4;/h1-9H3,(H,19,20);3*3H,1-2H3;/q;3*-1;+4/p-1. The van der Waals surface area contributed by atoms with Crippen molar-refractivity contribution < 1.29 is 46.9 Å². The van der Waals surface area contributed by atoms with Gasteiger partial charge in [-0.2, -0.15) is 0 Å². The molecule has 1 rings (SSSR count). The maximum absolute atomic E-state index is 11.8. The maximum atomic E-state index is 11.8. The molecule has 0 fully saturated rings. The molecule has 0 aromatic carbocycles. The summed E-state index contributed by atoms with van der Waals surface area (Å²) in [5.74, 6) is -1.23. The zero-order valence-electron chi connectivity index (χ0n) is 23.7. The number of carbonyl (C=O) groups is 1. The van der Waals surface area contributed by atoms with Crippen LogP contribution in [0, 0.1) is 16.2 Å². The molecule has 0 spiro atoms. The number of carboxylic acids is 1. The van der Waals surface area contributed by atoms with Gasteiger partial charge >= 0.3 is 21.7 Å². The molecular weight excluding hydrogens is 456 g/mol. The number of carboxylic acid groups (broad SMARTS) is 1. The average molecular weight is 505 g/mol. The smallest absolute Gasteiger partial charge is 0.852 e. The Kier molecular flexibility index (Phi) is 18.5. The molecular formula is C25H48N2O5Ti. The van der Waals surface area contributed by atoms with E-state index in [1.54, 1.807) is 41.5 Å². The average Bonchev–Trinajstić information content (AvgIpc) is 2.86. The number of aliphatic imine (C=N–C) groups is 2. The first-order chi connectivity index (χ1) is 13.8. The molecule has 1 heterocycles. The summed E-state index contributed by atoms with van der Waals surface area (Å²) in [4.78, 5) is 20.9. The summed E-state index contributed by atoms with van der Waals surface area (Å²) in [5.41, 5.74) is -1.15. The SMILES string of the molecule is CC(C)(C)C1=NC(C(=O)[O-])(C(C)(C)C)N=C1C(C)(C)C.CC(C)[O-].CC(C)[O-].CC(C)[O-].[Ti+4]. The Hall–Kier alpha value is -0.596. The van der Waals surface area contributed by atoms with Crippen molar-refractivity contribution in [3.63, 3.8) is 0 Å². The molecule has 7 nitrogen and oxygen atoms in total. The predicted molar refractivity (Wildman–Crippen MR) is 126 cm³/mol. The van der Waals surface area contributed by atoms with Gasteiger partial charge in [0.15, 0.2) is 5.66 Å². The van der Waals surface area contributed by atoms with Crippen molar-refractivity contribution in [2.75, 3.05) is 0 Å². The molecule has 0 aromatic heterocycles. The van der Waals surface area contributed by atoms with Crippen LogP contribution in [0.5, 0.6) is 0 Å². The van der Waals surface area contributed by atoms with Gasteiger partial charge in [-0.25, -0.2) is 0 Å². The van der Waals surface area contributed by atoms with Crippen LogP contribution < -0.4 is 20.4 Å². The van der Waals surface area contributed by atoms with Gasteiger partial charge < -0.3 is 25.2 Å². The topological polar surface area (TPSA) is 134 Å². The monoisotopic (exact) mass is 504 g/mol. The van der Waals surface area contributed by atoms with E-state index >= 15 is 0 Å². The van der Waals surface area contributed by atoms with E-state index in [-0.39, 0.29) is 32.5 Å². The molecule has 33 heavy (non-hydrogen) atoms. The van der Waals surface area contributed by atoms with Crippen LogP contribution in [0.15, 0.2) is 9.98 Å². The fourth-order valence-corrected chi connectivity index (χ4v) is 2.23. The second-order valence-electron chi connectivity index (χ2n) is 11.8. The first kappa shape index (κ1) is 39.6. The predicted octanol–water partition coefficient (Wildman–Crippen LogP) is 1.73. The van der Waals surface area contributed by atoms with Crippen LogP contribution in [0.1, 0.15) is 104 Å². The van der Waals surface area contributed by atoms with Crippen LogP contribution in [0.25, 0.3) is 0 Å². The normalized spacial score (nSPS) is 15.2. The van der Waals surface area contributed by atoms with Crippen LogP contribution in [0.4, 0.5) is 0 Å². The van der Waals surface area contributed by atoms with Crippen molar-refractivity contribution in [1.29, 1.82) is 0 Å². The molecule has 1 aliphatic heterocycles. The Labute approximate surface area is 218 Å². The van der Waals surface area contributed by atoms with Crippen molar-refractivity contribution in [3.8, 4) is 0 Å². The molecule has 0 atom stereocenters. The molecule has 0 bridgehead atoms. The number of hydrogen-bond donors (Lipinski definition) is 0. The Bertz CT molecular complexity index is 568. The van der Waals surface area contributed by atoms with Gasteiger partial charge in [-0.1, -0.05) is 104 Å². The van der Waals surface area contributed by atoms with E-state index in [1.807, 2.05) is 62.3 Å². The van der Waals surface area contributed by atoms with Crippen molar-refractivity contribution in [1.82, 2.24) is 0 Å². The van der Waals surface area contributed by atoms with Crippen LogP contribution >= 0.6 is 0 Å². The van der Waals surface area contributed by atoms with Gasteiger partial charge in [0.05, 0.1) is 17.4 Å². The van der Waals surface area contributed by atoms with Gasteiger partial charge in [0.2, 0.25) is 0 Å². The summed E-state index contributed by atoms with van der Waals surface area (Å²) < 4.78 is 0. The van der Waals surface area contributed by atoms with Crippen molar-refractivity contribution in [2.24, 2.45) is 26.2 Å². The van der Waals surface area contributed by atoms with E-state index in [0.29, 0.717) is 0 Å². The van der Waals surface area contributed by atoms with Crippen molar-refractivity contribution in [3.05, 3.63) is 0 Å². The summed E-state index contributed by atoms with van der Waals surface area (Å²) in [5, 5.41) is 40.4. The Morgan fingerprint density at radius 1 is 0.667 bits per heavy atom. The minimum absolute atomic E-state index is 0. The molecule has 0 saturated heterocycles. The molecule has 0 aliphatic carbocycles. The fraction of sp³-hybridized carbons (Fsp3) is 0.880. The zero-order chi connectivity index (χ0) is 26.9. The minimum atomic E-state index is -1.53. The second-order valence-corrected chi connectivity index (χ2v) is 11.8. The molecule has 0 radical (unpaired) electrons. The van der Waals surface area contributed by atoms with E-state index in [0.717, 1.165) is 11.4 Å². The minimum Gasteiger partial charge on any atom is -0.852 e. The van der Waals surface area contributed by atoms with E-state index in [4.69, 9.17) is 0 Å². The van der Waals surface area contributed by atoms with Gasteiger partial charge in [0.1, 0.15) is 0 Å². The summed E-state index contributed by atoms with van der Waals surface area (Å²) in [7, 11) is 0. The summed E-state index contributed by atoms with van der Waals surface area (Å²) in [6, 6.07) is 0. The first-order valence-electron chi connectivity index (χ1n) is 11.2. The molecule has 192 valence electrons. The Morgan fingerprint density at radius 2 is 0.848 bits per heavy atom. The van der Waals surface area contributed by atoms with Gasteiger partial charge in [0.25, 0.3) is 0 Å². The molecule has 0 saturated carbocycles. The molecule has 0 aromatic rings. The van der Waals surface area contributed by atoms with E-state index < -0.39 is 35.4 Å². The third-order valence-electron chi connectivity index (χ3n) is 3.52. The molecule has 8 heteroatoms. The molecule has 0 unspecified atom stereocenters. The third kappa shape index (κ3) is 16.6. The largest absolute Gasteiger partial charge is 4.00 e. The van der Waals surface area contributed by atoms with Crippen LogP contribution in [0.2, 0.25) is 0 Å². The number of rotatable bonds is 1. The van der Waals surface area contributed by atoms with Crippen LogP contribution in [-0.2, 0) is 26.5 Å². The number of aliphatic carboxylic acids is 1. The van der Waals surface area contributed by atoms with Crippen LogP contribution in [-0.4, -0.2) is 41.4 Å².